The van der Waals surface area contributed by atoms with E-state index in [2.05, 4.69) is 20.8 Å². The zero-order valence-electron chi connectivity index (χ0n) is 20.4. The number of urea groups is 1. The number of hydrogen-bond donors (Lipinski definition) is 4. The maximum absolute atomic E-state index is 13.4. The molecule has 5 N–H and O–H groups in total. The van der Waals surface area contributed by atoms with Crippen molar-refractivity contribution in [3.05, 3.63) is 77.0 Å². The maximum atomic E-state index is 13.4. The molecule has 10 heteroatoms. The van der Waals surface area contributed by atoms with Gasteiger partial charge in [-0.2, -0.15) is 18.6 Å². The first-order valence-corrected chi connectivity index (χ1v) is 11.2. The number of aromatic amines is 1. The van der Waals surface area contributed by atoms with Crippen LogP contribution < -0.4 is 16.4 Å². The predicted molar refractivity (Wildman–Crippen MR) is 143 cm³/mol. The van der Waals surface area contributed by atoms with E-state index in [1.165, 1.54) is 0 Å². The number of H-pyrrole nitrogens is 1. The number of amides is 3. The number of aromatic nitrogens is 2. The summed E-state index contributed by atoms with van der Waals surface area (Å²) in [7, 11) is 3.96. The van der Waals surface area contributed by atoms with E-state index in [-0.39, 0.29) is 31.5 Å². The van der Waals surface area contributed by atoms with Crippen LogP contribution in [0.5, 0.6) is 0 Å². The summed E-state index contributed by atoms with van der Waals surface area (Å²) in [6.45, 7) is 4.92. The molecule has 0 bridgehead atoms. The van der Waals surface area contributed by atoms with E-state index in [4.69, 9.17) is 5.73 Å². The molecule has 0 saturated heterocycles. The molecule has 1 aliphatic rings. The van der Waals surface area contributed by atoms with Crippen molar-refractivity contribution < 1.29 is 9.59 Å². The summed E-state index contributed by atoms with van der Waals surface area (Å²) in [5.41, 5.74) is 8.79. The fourth-order valence-electron chi connectivity index (χ4n) is 4.27. The SMILES string of the molecule is CN(C)C[C@@H](NC(=O)N1Cc2c(NC(=O)c3ccc(N)cc3)n[nH]c2C1(C)C)c1ccccc1.S. The first kappa shape index (κ1) is 26.1. The fraction of sp³-hybridized carbons (Fsp3) is 0.320. The Hall–Kier alpha value is -3.50. The van der Waals surface area contributed by atoms with E-state index < -0.39 is 5.54 Å². The van der Waals surface area contributed by atoms with Crippen molar-refractivity contribution in [1.29, 1.82) is 0 Å². The second kappa shape index (κ2) is 10.4. The predicted octanol–water partition coefficient (Wildman–Crippen LogP) is 3.42. The molecule has 0 spiro atoms. The van der Waals surface area contributed by atoms with Crippen LogP contribution in [0.25, 0.3) is 0 Å². The lowest BCUT2D eigenvalue weighted by molar-refractivity contribution is 0.102. The van der Waals surface area contributed by atoms with Gasteiger partial charge in [0, 0.05) is 23.4 Å². The normalized spacial score (nSPS) is 14.7. The molecule has 0 unspecified atom stereocenters. The second-order valence-electron chi connectivity index (χ2n) is 9.32. The zero-order valence-corrected chi connectivity index (χ0v) is 21.4. The summed E-state index contributed by atoms with van der Waals surface area (Å²) in [6, 6.07) is 16.3. The van der Waals surface area contributed by atoms with E-state index in [1.54, 1.807) is 29.2 Å². The van der Waals surface area contributed by atoms with Crippen LogP contribution in [-0.2, 0) is 12.1 Å². The van der Waals surface area contributed by atoms with Crippen molar-refractivity contribution in [3.8, 4) is 0 Å². The lowest BCUT2D eigenvalue weighted by atomic mass is 10.0. The second-order valence-corrected chi connectivity index (χ2v) is 9.32. The molecule has 1 aliphatic heterocycles. The van der Waals surface area contributed by atoms with E-state index in [1.807, 2.05) is 63.2 Å². The average molecular weight is 496 g/mol. The van der Waals surface area contributed by atoms with Crippen LogP contribution in [0, 0.1) is 0 Å². The maximum Gasteiger partial charge on any atom is 0.319 e. The largest absolute Gasteiger partial charge is 0.399 e. The summed E-state index contributed by atoms with van der Waals surface area (Å²) in [6.07, 6.45) is 0. The van der Waals surface area contributed by atoms with Crippen LogP contribution in [-0.4, -0.2) is 52.6 Å². The highest BCUT2D eigenvalue weighted by Gasteiger charge is 2.44. The Morgan fingerprint density at radius 1 is 1.14 bits per heavy atom. The van der Waals surface area contributed by atoms with E-state index in [0.29, 0.717) is 30.2 Å². The Morgan fingerprint density at radius 3 is 2.43 bits per heavy atom. The highest BCUT2D eigenvalue weighted by atomic mass is 32.1. The lowest BCUT2D eigenvalue weighted by Gasteiger charge is -2.34. The Kier molecular flexibility index (Phi) is 7.76. The topological polar surface area (TPSA) is 119 Å². The number of nitrogen functional groups attached to an aromatic ring is 1. The first-order chi connectivity index (χ1) is 16.2. The number of nitrogens with two attached hydrogens (primary N) is 1. The number of nitrogens with zero attached hydrogens (tertiary/aromatic N) is 3. The summed E-state index contributed by atoms with van der Waals surface area (Å²) < 4.78 is 0. The number of rotatable bonds is 6. The standard InChI is InChI=1S/C25H31N7O2.H2S/c1-25(2)21-19(22(30-29-21)28-23(33)17-10-12-18(26)13-11-17)14-32(25)24(34)27-20(15-31(3)4)16-8-6-5-7-9-16;/h5-13,20H,14-15,26H2,1-4H3,(H,27,34)(H2,28,29,30,33);1H2/t20-;/m1./s1. The molecule has 186 valence electrons. The van der Waals surface area contributed by atoms with Crippen LogP contribution in [0.3, 0.4) is 0 Å². The Bertz CT molecular complexity index is 1180. The number of anilines is 2. The van der Waals surface area contributed by atoms with Gasteiger partial charge in [0.05, 0.1) is 23.8 Å². The Labute approximate surface area is 212 Å². The number of carbonyl (C=O) groups is 2. The smallest absolute Gasteiger partial charge is 0.319 e. The van der Waals surface area contributed by atoms with Crippen LogP contribution >= 0.6 is 13.5 Å². The molecule has 0 radical (unpaired) electrons. The molecule has 1 atom stereocenters. The molecule has 3 aromatic rings. The zero-order chi connectivity index (χ0) is 24.5. The summed E-state index contributed by atoms with van der Waals surface area (Å²) in [5, 5.41) is 13.4. The molecule has 0 fully saturated rings. The van der Waals surface area contributed by atoms with Crippen molar-refractivity contribution in [3.63, 3.8) is 0 Å². The first-order valence-electron chi connectivity index (χ1n) is 11.2. The summed E-state index contributed by atoms with van der Waals surface area (Å²) in [4.78, 5) is 30.0. The Balaban J connectivity index is 0.00000342. The summed E-state index contributed by atoms with van der Waals surface area (Å²) in [5.74, 6) is 0.137. The molecule has 9 nitrogen and oxygen atoms in total. The van der Waals surface area contributed by atoms with Crippen molar-refractivity contribution in [1.82, 2.24) is 25.3 Å². The third-order valence-electron chi connectivity index (χ3n) is 6.17. The van der Waals surface area contributed by atoms with Gasteiger partial charge in [0.1, 0.15) is 0 Å². The molecule has 0 aliphatic carbocycles. The van der Waals surface area contributed by atoms with Gasteiger partial charge in [-0.15, -0.1) is 0 Å². The minimum atomic E-state index is -0.629. The highest BCUT2D eigenvalue weighted by Crippen LogP contribution is 2.40. The van der Waals surface area contributed by atoms with Gasteiger partial charge in [-0.25, -0.2) is 4.79 Å². The van der Waals surface area contributed by atoms with Gasteiger partial charge in [-0.3, -0.25) is 9.89 Å². The summed E-state index contributed by atoms with van der Waals surface area (Å²) >= 11 is 0. The van der Waals surface area contributed by atoms with Gasteiger partial charge in [-0.05, 0) is 57.8 Å². The minimum Gasteiger partial charge on any atom is -0.399 e. The van der Waals surface area contributed by atoms with E-state index in [0.717, 1.165) is 16.8 Å². The van der Waals surface area contributed by atoms with Gasteiger partial charge >= 0.3 is 6.03 Å². The third kappa shape index (κ3) is 5.44. The van der Waals surface area contributed by atoms with Gasteiger partial charge in [0.2, 0.25) is 0 Å². The monoisotopic (exact) mass is 495 g/mol. The molecule has 2 heterocycles. The number of hydrogen-bond acceptors (Lipinski definition) is 5. The quantitative estimate of drug-likeness (QED) is 0.391. The molecule has 4 rings (SSSR count). The third-order valence-corrected chi connectivity index (χ3v) is 6.17. The van der Waals surface area contributed by atoms with Gasteiger partial charge in [0.15, 0.2) is 5.82 Å². The van der Waals surface area contributed by atoms with Crippen molar-refractivity contribution in [2.45, 2.75) is 32.0 Å². The van der Waals surface area contributed by atoms with E-state index in [9.17, 15) is 9.59 Å². The van der Waals surface area contributed by atoms with Crippen molar-refractivity contribution in [2.75, 3.05) is 31.7 Å². The Morgan fingerprint density at radius 2 is 1.80 bits per heavy atom. The molecule has 3 amide bonds. The lowest BCUT2D eigenvalue weighted by Crippen LogP contribution is -2.48. The molecule has 0 saturated carbocycles. The number of carbonyl (C=O) groups excluding carboxylic acids is 2. The van der Waals surface area contributed by atoms with Crippen LogP contribution in [0.4, 0.5) is 16.3 Å². The molecule has 1 aromatic heterocycles. The average Bonchev–Trinajstić information content (AvgIpc) is 3.32. The number of likely N-dealkylation sites (N-methyl/N-ethyl adjacent to an activating group) is 1. The molecule has 2 aromatic carbocycles. The number of benzene rings is 2. The van der Waals surface area contributed by atoms with Crippen LogP contribution in [0.1, 0.15) is 47.1 Å². The highest BCUT2D eigenvalue weighted by molar-refractivity contribution is 7.59. The fourth-order valence-corrected chi connectivity index (χ4v) is 4.27. The van der Waals surface area contributed by atoms with Crippen molar-refractivity contribution >= 4 is 36.9 Å². The van der Waals surface area contributed by atoms with Gasteiger partial charge in [0.25, 0.3) is 5.91 Å². The number of fused-ring (bicyclic) bond motifs is 1. The van der Waals surface area contributed by atoms with Crippen molar-refractivity contribution in [2.24, 2.45) is 0 Å². The minimum absolute atomic E-state index is 0. The van der Waals surface area contributed by atoms with Crippen LogP contribution in [0.15, 0.2) is 54.6 Å². The molecular weight excluding hydrogens is 462 g/mol. The molecular formula is C25H33N7O2S. The number of nitrogens with one attached hydrogen (secondary N) is 3. The van der Waals surface area contributed by atoms with E-state index >= 15 is 0 Å². The van der Waals surface area contributed by atoms with Gasteiger partial charge < -0.3 is 26.2 Å². The van der Waals surface area contributed by atoms with Gasteiger partial charge in [-0.1, -0.05) is 30.3 Å². The van der Waals surface area contributed by atoms with Crippen LogP contribution in [0.2, 0.25) is 0 Å². The molecule has 35 heavy (non-hydrogen) atoms.